The van der Waals surface area contributed by atoms with Crippen LogP contribution in [0, 0.1) is 5.92 Å². The number of hydrogen-bond donors (Lipinski definition) is 1. The zero-order valence-electron chi connectivity index (χ0n) is 18.2. The van der Waals surface area contributed by atoms with Gasteiger partial charge < -0.3 is 10.1 Å². The minimum Gasteiger partial charge on any atom is -0.481 e. The Kier molecular flexibility index (Phi) is 7.32. The van der Waals surface area contributed by atoms with Crippen LogP contribution in [-0.2, 0) is 11.3 Å². The molecule has 29 heavy (non-hydrogen) atoms. The number of piperidine rings is 1. The van der Waals surface area contributed by atoms with E-state index in [1.54, 1.807) is 6.92 Å². The first kappa shape index (κ1) is 21.4. The van der Waals surface area contributed by atoms with E-state index in [0.29, 0.717) is 11.7 Å². The lowest BCUT2D eigenvalue weighted by atomic mass is 9.99. The van der Waals surface area contributed by atoms with Crippen molar-refractivity contribution in [3.05, 3.63) is 59.7 Å². The number of carbonyl (C=O) groups is 1. The van der Waals surface area contributed by atoms with Crippen LogP contribution < -0.4 is 10.1 Å². The molecule has 0 aliphatic carbocycles. The average Bonchev–Trinajstić information content (AvgIpc) is 2.71. The Hall–Kier alpha value is -2.33. The Labute approximate surface area is 175 Å². The molecule has 0 saturated carbocycles. The highest BCUT2D eigenvalue weighted by Gasteiger charge is 2.17. The smallest absolute Gasteiger partial charge is 0.265 e. The van der Waals surface area contributed by atoms with Gasteiger partial charge in [-0.3, -0.25) is 9.69 Å². The van der Waals surface area contributed by atoms with Gasteiger partial charge in [0.25, 0.3) is 5.91 Å². The summed E-state index contributed by atoms with van der Waals surface area (Å²) in [5.41, 5.74) is 3.34. The number of nitrogens with zero attached hydrogens (tertiary/aromatic N) is 1. The van der Waals surface area contributed by atoms with E-state index in [2.05, 4.69) is 43.1 Å². The van der Waals surface area contributed by atoms with Crippen molar-refractivity contribution in [2.75, 3.05) is 18.4 Å². The molecule has 1 unspecified atom stereocenters. The van der Waals surface area contributed by atoms with Gasteiger partial charge in [-0.05, 0) is 80.1 Å². The molecule has 156 valence electrons. The van der Waals surface area contributed by atoms with Gasteiger partial charge in [-0.2, -0.15) is 0 Å². The Morgan fingerprint density at radius 1 is 1.03 bits per heavy atom. The topological polar surface area (TPSA) is 41.6 Å². The third-order valence-electron chi connectivity index (χ3n) is 5.73. The number of benzene rings is 2. The first-order valence-corrected chi connectivity index (χ1v) is 10.8. The van der Waals surface area contributed by atoms with Crippen LogP contribution in [0.2, 0.25) is 0 Å². The van der Waals surface area contributed by atoms with E-state index in [1.807, 2.05) is 36.4 Å². The number of rotatable bonds is 7. The van der Waals surface area contributed by atoms with Crippen molar-refractivity contribution in [3.63, 3.8) is 0 Å². The van der Waals surface area contributed by atoms with Gasteiger partial charge in [0.05, 0.1) is 0 Å². The molecule has 2 aromatic carbocycles. The molecule has 2 aromatic rings. The standard InChI is InChI=1S/C25H34N2O2/c1-18(2)22-7-11-24(12-8-22)29-20(4)25(28)26-23-9-5-21(6-10-23)17-27-15-13-19(3)14-16-27/h5-12,18-20H,13-17H2,1-4H3,(H,26,28). The highest BCUT2D eigenvalue weighted by Crippen LogP contribution is 2.21. The highest BCUT2D eigenvalue weighted by atomic mass is 16.5. The predicted molar refractivity (Wildman–Crippen MR) is 119 cm³/mol. The largest absolute Gasteiger partial charge is 0.481 e. The van der Waals surface area contributed by atoms with Crippen LogP contribution in [0.3, 0.4) is 0 Å². The lowest BCUT2D eigenvalue weighted by molar-refractivity contribution is -0.122. The van der Waals surface area contributed by atoms with Gasteiger partial charge in [0.15, 0.2) is 6.10 Å². The number of anilines is 1. The minimum atomic E-state index is -0.560. The lowest BCUT2D eigenvalue weighted by Gasteiger charge is -2.30. The Balaban J connectivity index is 1.49. The van der Waals surface area contributed by atoms with E-state index < -0.39 is 6.10 Å². The molecule has 3 rings (SSSR count). The molecule has 0 aromatic heterocycles. The van der Waals surface area contributed by atoms with Crippen molar-refractivity contribution < 1.29 is 9.53 Å². The fourth-order valence-corrected chi connectivity index (χ4v) is 3.60. The summed E-state index contributed by atoms with van der Waals surface area (Å²) in [7, 11) is 0. The van der Waals surface area contributed by atoms with E-state index >= 15 is 0 Å². The maximum Gasteiger partial charge on any atom is 0.265 e. The van der Waals surface area contributed by atoms with Crippen LogP contribution in [0.15, 0.2) is 48.5 Å². The molecule has 1 amide bonds. The summed E-state index contributed by atoms with van der Waals surface area (Å²) in [4.78, 5) is 15.0. The second kappa shape index (κ2) is 9.93. The fourth-order valence-electron chi connectivity index (χ4n) is 3.60. The zero-order valence-corrected chi connectivity index (χ0v) is 18.2. The third-order valence-corrected chi connectivity index (χ3v) is 5.73. The van der Waals surface area contributed by atoms with E-state index in [0.717, 1.165) is 18.2 Å². The van der Waals surface area contributed by atoms with Crippen LogP contribution in [0.1, 0.15) is 57.6 Å². The van der Waals surface area contributed by atoms with Crippen LogP contribution in [0.5, 0.6) is 5.75 Å². The van der Waals surface area contributed by atoms with E-state index in [-0.39, 0.29) is 5.91 Å². The molecule has 1 saturated heterocycles. The molecular formula is C25H34N2O2. The van der Waals surface area contributed by atoms with Crippen molar-refractivity contribution in [2.24, 2.45) is 5.92 Å². The normalized spacial score (nSPS) is 16.6. The number of nitrogens with one attached hydrogen (secondary N) is 1. The van der Waals surface area contributed by atoms with E-state index in [4.69, 9.17) is 4.74 Å². The molecule has 4 heteroatoms. The first-order valence-electron chi connectivity index (χ1n) is 10.8. The molecule has 0 bridgehead atoms. The van der Waals surface area contributed by atoms with Gasteiger partial charge in [0.2, 0.25) is 0 Å². The van der Waals surface area contributed by atoms with Crippen LogP contribution in [0.4, 0.5) is 5.69 Å². The van der Waals surface area contributed by atoms with Gasteiger partial charge >= 0.3 is 0 Å². The van der Waals surface area contributed by atoms with Crippen LogP contribution in [0.25, 0.3) is 0 Å². The van der Waals surface area contributed by atoms with Crippen LogP contribution >= 0.6 is 0 Å². The van der Waals surface area contributed by atoms with E-state index in [9.17, 15) is 4.79 Å². The summed E-state index contributed by atoms with van der Waals surface area (Å²) >= 11 is 0. The summed E-state index contributed by atoms with van der Waals surface area (Å²) in [5.74, 6) is 1.89. The lowest BCUT2D eigenvalue weighted by Crippen LogP contribution is -2.32. The summed E-state index contributed by atoms with van der Waals surface area (Å²) in [6.45, 7) is 11.7. The molecule has 1 aliphatic rings. The molecule has 1 fully saturated rings. The van der Waals surface area contributed by atoms with Gasteiger partial charge in [0, 0.05) is 12.2 Å². The minimum absolute atomic E-state index is 0.143. The van der Waals surface area contributed by atoms with Crippen molar-refractivity contribution in [1.82, 2.24) is 4.90 Å². The number of likely N-dealkylation sites (tertiary alicyclic amines) is 1. The number of ether oxygens (including phenoxy) is 1. The van der Waals surface area contributed by atoms with Gasteiger partial charge in [0.1, 0.15) is 5.75 Å². The summed E-state index contributed by atoms with van der Waals surface area (Å²) < 4.78 is 5.80. The molecule has 1 heterocycles. The van der Waals surface area contributed by atoms with E-state index in [1.165, 1.54) is 37.1 Å². The van der Waals surface area contributed by atoms with Crippen molar-refractivity contribution >= 4 is 11.6 Å². The molecule has 4 nitrogen and oxygen atoms in total. The number of carbonyl (C=O) groups excluding carboxylic acids is 1. The maximum absolute atomic E-state index is 12.5. The molecule has 1 atom stereocenters. The Bertz CT molecular complexity index is 775. The Morgan fingerprint density at radius 2 is 1.66 bits per heavy atom. The highest BCUT2D eigenvalue weighted by molar-refractivity contribution is 5.94. The maximum atomic E-state index is 12.5. The first-order chi connectivity index (χ1) is 13.9. The van der Waals surface area contributed by atoms with Gasteiger partial charge in [-0.25, -0.2) is 0 Å². The van der Waals surface area contributed by atoms with Crippen molar-refractivity contribution in [1.29, 1.82) is 0 Å². The van der Waals surface area contributed by atoms with Crippen molar-refractivity contribution in [3.8, 4) is 5.75 Å². The van der Waals surface area contributed by atoms with Gasteiger partial charge in [-0.1, -0.05) is 45.0 Å². The molecule has 1 aliphatic heterocycles. The number of amides is 1. The summed E-state index contributed by atoms with van der Waals surface area (Å²) in [5, 5.41) is 2.95. The fraction of sp³-hybridized carbons (Fsp3) is 0.480. The number of hydrogen-bond acceptors (Lipinski definition) is 3. The summed E-state index contributed by atoms with van der Waals surface area (Å²) in [6, 6.07) is 16.1. The molecular weight excluding hydrogens is 360 g/mol. The average molecular weight is 395 g/mol. The quantitative estimate of drug-likeness (QED) is 0.679. The SMILES string of the molecule is CC1CCN(Cc2ccc(NC(=O)C(C)Oc3ccc(C(C)C)cc3)cc2)CC1. The van der Waals surface area contributed by atoms with Gasteiger partial charge in [-0.15, -0.1) is 0 Å². The molecule has 0 spiro atoms. The second-order valence-corrected chi connectivity index (χ2v) is 8.63. The second-order valence-electron chi connectivity index (χ2n) is 8.63. The van der Waals surface area contributed by atoms with Crippen molar-refractivity contribution in [2.45, 2.75) is 59.1 Å². The Morgan fingerprint density at radius 3 is 2.24 bits per heavy atom. The molecule has 1 N–H and O–H groups in total. The zero-order chi connectivity index (χ0) is 20.8. The van der Waals surface area contributed by atoms with Crippen LogP contribution in [-0.4, -0.2) is 30.0 Å². The third kappa shape index (κ3) is 6.33. The molecule has 0 radical (unpaired) electrons. The predicted octanol–water partition coefficient (Wildman–Crippen LogP) is 5.45. The monoisotopic (exact) mass is 394 g/mol. The summed E-state index contributed by atoms with van der Waals surface area (Å²) in [6.07, 6.45) is 2.01.